The molecule has 0 radical (unpaired) electrons. The van der Waals surface area contributed by atoms with Crippen LogP contribution in [-0.4, -0.2) is 31.7 Å². The third-order valence-electron chi connectivity index (χ3n) is 2.57. The zero-order chi connectivity index (χ0) is 12.1. The highest BCUT2D eigenvalue weighted by molar-refractivity contribution is 5.41. The van der Waals surface area contributed by atoms with Crippen LogP contribution in [0.1, 0.15) is 12.5 Å². The fourth-order valence-electron chi connectivity index (χ4n) is 1.58. The van der Waals surface area contributed by atoms with E-state index in [2.05, 4.69) is 11.8 Å². The molecule has 1 aromatic carbocycles. The van der Waals surface area contributed by atoms with Gasteiger partial charge < -0.3 is 10.5 Å². The number of hydrogen-bond donors (Lipinski definition) is 1. The van der Waals surface area contributed by atoms with E-state index in [0.717, 1.165) is 5.56 Å². The molecule has 0 fully saturated rings. The zero-order valence-electron chi connectivity index (χ0n) is 10.0. The Hall–Kier alpha value is -1.13. The number of nitrogens with zero attached hydrogens (tertiary/aromatic N) is 1. The van der Waals surface area contributed by atoms with Crippen LogP contribution in [0.5, 0.6) is 0 Å². The molecule has 0 spiro atoms. The molecule has 4 heteroatoms. The molecule has 1 atom stereocenters. The maximum Gasteiger partial charge on any atom is 0.125 e. The lowest BCUT2D eigenvalue weighted by atomic mass is 10.1. The number of halogens is 1. The Morgan fingerprint density at radius 3 is 2.69 bits per heavy atom. The Labute approximate surface area is 96.0 Å². The summed E-state index contributed by atoms with van der Waals surface area (Å²) in [6.45, 7) is 3.37. The first-order valence-electron chi connectivity index (χ1n) is 5.27. The average molecular weight is 226 g/mol. The quantitative estimate of drug-likeness (QED) is 0.779. The van der Waals surface area contributed by atoms with Gasteiger partial charge >= 0.3 is 0 Å². The van der Waals surface area contributed by atoms with Gasteiger partial charge in [0.05, 0.1) is 6.61 Å². The molecular formula is C12H19FN2O. The molecule has 1 unspecified atom stereocenters. The Bertz CT molecular complexity index is 324. The van der Waals surface area contributed by atoms with E-state index in [0.29, 0.717) is 18.8 Å². The van der Waals surface area contributed by atoms with Gasteiger partial charge in [0.2, 0.25) is 0 Å². The normalized spacial score (nSPS) is 13.1. The number of ether oxygens (including phenoxy) is 1. The van der Waals surface area contributed by atoms with Crippen LogP contribution < -0.4 is 5.73 Å². The zero-order valence-corrected chi connectivity index (χ0v) is 10.0. The topological polar surface area (TPSA) is 38.5 Å². The number of benzene rings is 1. The summed E-state index contributed by atoms with van der Waals surface area (Å²) in [4.78, 5) is 2.09. The van der Waals surface area contributed by atoms with E-state index in [-0.39, 0.29) is 11.9 Å². The number of hydrogen-bond acceptors (Lipinski definition) is 3. The van der Waals surface area contributed by atoms with Crippen LogP contribution in [0.4, 0.5) is 10.1 Å². The molecule has 1 aromatic rings. The fraction of sp³-hybridized carbons (Fsp3) is 0.500. The van der Waals surface area contributed by atoms with E-state index in [1.165, 1.54) is 12.1 Å². The molecule has 2 N–H and O–H groups in total. The standard InChI is InChI=1S/C12H19FN2O/c1-9(8-16-3)15(2)7-10-4-11(13)6-12(14)5-10/h4-6,9H,7-8,14H2,1-3H3. The second-order valence-electron chi connectivity index (χ2n) is 4.11. The molecule has 0 saturated carbocycles. The Morgan fingerprint density at radius 2 is 2.12 bits per heavy atom. The smallest absolute Gasteiger partial charge is 0.125 e. The highest BCUT2D eigenvalue weighted by Crippen LogP contribution is 2.13. The minimum absolute atomic E-state index is 0.287. The molecule has 0 bridgehead atoms. The summed E-state index contributed by atoms with van der Waals surface area (Å²) in [6, 6.07) is 4.91. The Kier molecular flexibility index (Phi) is 4.71. The van der Waals surface area contributed by atoms with E-state index in [1.54, 1.807) is 13.2 Å². The van der Waals surface area contributed by atoms with E-state index < -0.39 is 0 Å². The SMILES string of the molecule is COCC(C)N(C)Cc1cc(N)cc(F)c1. The summed E-state index contributed by atoms with van der Waals surface area (Å²) in [5.74, 6) is -0.289. The summed E-state index contributed by atoms with van der Waals surface area (Å²) in [5, 5.41) is 0. The van der Waals surface area contributed by atoms with Crippen LogP contribution in [0.3, 0.4) is 0 Å². The van der Waals surface area contributed by atoms with E-state index >= 15 is 0 Å². The molecule has 16 heavy (non-hydrogen) atoms. The molecule has 0 aliphatic carbocycles. The van der Waals surface area contributed by atoms with E-state index in [9.17, 15) is 4.39 Å². The van der Waals surface area contributed by atoms with Crippen molar-refractivity contribution in [3.8, 4) is 0 Å². The molecule has 1 rings (SSSR count). The first-order chi connectivity index (χ1) is 7.52. The first-order valence-corrected chi connectivity index (χ1v) is 5.27. The number of nitrogens with two attached hydrogens (primary N) is 1. The summed E-state index contributed by atoms with van der Waals surface area (Å²) in [6.07, 6.45) is 0. The monoisotopic (exact) mass is 226 g/mol. The van der Waals surface area contributed by atoms with Gasteiger partial charge in [-0.15, -0.1) is 0 Å². The van der Waals surface area contributed by atoms with Gasteiger partial charge in [-0.2, -0.15) is 0 Å². The lowest BCUT2D eigenvalue weighted by Gasteiger charge is -2.24. The highest BCUT2D eigenvalue weighted by atomic mass is 19.1. The Balaban J connectivity index is 2.65. The van der Waals surface area contributed by atoms with E-state index in [4.69, 9.17) is 10.5 Å². The van der Waals surface area contributed by atoms with Crippen LogP contribution in [0.15, 0.2) is 18.2 Å². The summed E-state index contributed by atoms with van der Waals surface area (Å²) >= 11 is 0. The van der Waals surface area contributed by atoms with Crippen LogP contribution >= 0.6 is 0 Å². The van der Waals surface area contributed by atoms with Crippen molar-refractivity contribution in [2.24, 2.45) is 0 Å². The predicted octanol–water partition coefficient (Wildman–Crippen LogP) is 1.87. The lowest BCUT2D eigenvalue weighted by molar-refractivity contribution is 0.112. The predicted molar refractivity (Wildman–Crippen MR) is 63.6 cm³/mol. The van der Waals surface area contributed by atoms with Crippen LogP contribution in [0.25, 0.3) is 0 Å². The lowest BCUT2D eigenvalue weighted by Crippen LogP contribution is -2.32. The average Bonchev–Trinajstić information content (AvgIpc) is 2.16. The molecule has 0 amide bonds. The second kappa shape index (κ2) is 5.82. The number of nitrogen functional groups attached to an aromatic ring is 1. The summed E-state index contributed by atoms with van der Waals surface area (Å²) in [7, 11) is 3.65. The van der Waals surface area contributed by atoms with Crippen LogP contribution in [0, 0.1) is 5.82 Å². The molecule has 0 aliphatic heterocycles. The van der Waals surface area contributed by atoms with Crippen molar-refractivity contribution in [2.75, 3.05) is 26.5 Å². The van der Waals surface area contributed by atoms with Crippen molar-refractivity contribution < 1.29 is 9.13 Å². The van der Waals surface area contributed by atoms with Crippen LogP contribution in [-0.2, 0) is 11.3 Å². The van der Waals surface area contributed by atoms with Gasteiger partial charge in [0.15, 0.2) is 0 Å². The fourth-order valence-corrected chi connectivity index (χ4v) is 1.58. The maximum atomic E-state index is 13.1. The van der Waals surface area contributed by atoms with E-state index in [1.807, 2.05) is 7.05 Å². The number of rotatable bonds is 5. The Morgan fingerprint density at radius 1 is 1.44 bits per heavy atom. The van der Waals surface area contributed by atoms with Gasteiger partial charge in [-0.05, 0) is 37.7 Å². The number of anilines is 1. The molecule has 0 aromatic heterocycles. The first kappa shape index (κ1) is 12.9. The van der Waals surface area contributed by atoms with Gasteiger partial charge in [-0.25, -0.2) is 4.39 Å². The molecule has 0 aliphatic rings. The summed E-state index contributed by atoms with van der Waals surface area (Å²) in [5.41, 5.74) is 6.93. The molecule has 0 saturated heterocycles. The van der Waals surface area contributed by atoms with Crippen LogP contribution in [0.2, 0.25) is 0 Å². The number of methoxy groups -OCH3 is 1. The van der Waals surface area contributed by atoms with Gasteiger partial charge in [-0.1, -0.05) is 0 Å². The van der Waals surface area contributed by atoms with Crippen molar-refractivity contribution in [3.63, 3.8) is 0 Å². The molecule has 3 nitrogen and oxygen atoms in total. The summed E-state index contributed by atoms with van der Waals surface area (Å²) < 4.78 is 18.2. The van der Waals surface area contributed by atoms with Crippen molar-refractivity contribution in [1.29, 1.82) is 0 Å². The molecule has 90 valence electrons. The molecule has 0 heterocycles. The van der Waals surface area contributed by atoms with Crippen molar-refractivity contribution in [3.05, 3.63) is 29.6 Å². The third kappa shape index (κ3) is 3.79. The van der Waals surface area contributed by atoms with Gasteiger partial charge in [0, 0.05) is 25.4 Å². The van der Waals surface area contributed by atoms with Crippen molar-refractivity contribution in [2.45, 2.75) is 19.5 Å². The highest BCUT2D eigenvalue weighted by Gasteiger charge is 2.09. The minimum atomic E-state index is -0.289. The van der Waals surface area contributed by atoms with Crippen molar-refractivity contribution >= 4 is 5.69 Å². The number of likely N-dealkylation sites (N-methyl/N-ethyl adjacent to an activating group) is 1. The third-order valence-corrected chi connectivity index (χ3v) is 2.57. The second-order valence-corrected chi connectivity index (χ2v) is 4.11. The van der Waals surface area contributed by atoms with Gasteiger partial charge in [0.25, 0.3) is 0 Å². The van der Waals surface area contributed by atoms with Crippen molar-refractivity contribution in [1.82, 2.24) is 4.90 Å². The maximum absolute atomic E-state index is 13.1. The largest absolute Gasteiger partial charge is 0.399 e. The van der Waals surface area contributed by atoms with Gasteiger partial charge in [0.1, 0.15) is 5.82 Å². The van der Waals surface area contributed by atoms with Gasteiger partial charge in [-0.3, -0.25) is 4.90 Å². The molecular weight excluding hydrogens is 207 g/mol. The minimum Gasteiger partial charge on any atom is -0.399 e.